The molecule has 5 heteroatoms. The van der Waals surface area contributed by atoms with Gasteiger partial charge in [-0.2, -0.15) is 5.10 Å². The van der Waals surface area contributed by atoms with Crippen molar-refractivity contribution >= 4 is 11.3 Å². The van der Waals surface area contributed by atoms with Crippen LogP contribution in [0.2, 0.25) is 0 Å². The Morgan fingerprint density at radius 1 is 1.42 bits per heavy atom. The number of rotatable bonds is 5. The van der Waals surface area contributed by atoms with Gasteiger partial charge < -0.3 is 5.32 Å². The molecule has 0 radical (unpaired) electrons. The third kappa shape index (κ3) is 3.64. The molecule has 2 heterocycles. The molecule has 4 nitrogen and oxygen atoms in total. The number of hydrogen-bond donors (Lipinski definition) is 1. The molecule has 104 valence electrons. The lowest BCUT2D eigenvalue weighted by molar-refractivity contribution is 0.355. The molecule has 0 bridgehead atoms. The van der Waals surface area contributed by atoms with E-state index >= 15 is 0 Å². The van der Waals surface area contributed by atoms with E-state index in [9.17, 15) is 0 Å². The van der Waals surface area contributed by atoms with Crippen LogP contribution in [0.4, 0.5) is 0 Å². The summed E-state index contributed by atoms with van der Waals surface area (Å²) in [6.45, 7) is 9.47. The van der Waals surface area contributed by atoms with E-state index in [1.165, 1.54) is 5.56 Å². The van der Waals surface area contributed by atoms with E-state index in [0.29, 0.717) is 6.04 Å². The lowest BCUT2D eigenvalue weighted by Crippen LogP contribution is -2.22. The van der Waals surface area contributed by atoms with Gasteiger partial charge in [-0.1, -0.05) is 6.92 Å². The molecule has 2 aromatic heterocycles. The molecule has 1 N–H and O–H groups in total. The molecule has 2 aromatic rings. The molecule has 0 saturated carbocycles. The number of nitrogens with zero attached hydrogens (tertiary/aromatic N) is 3. The minimum absolute atomic E-state index is 0.0394. The Morgan fingerprint density at radius 3 is 2.74 bits per heavy atom. The predicted molar refractivity (Wildman–Crippen MR) is 79.2 cm³/mol. The van der Waals surface area contributed by atoms with Crippen LogP contribution < -0.4 is 5.32 Å². The predicted octanol–water partition coefficient (Wildman–Crippen LogP) is 3.34. The van der Waals surface area contributed by atoms with Gasteiger partial charge in [0.15, 0.2) is 0 Å². The first-order valence-electron chi connectivity index (χ1n) is 6.67. The van der Waals surface area contributed by atoms with Crippen molar-refractivity contribution in [3.8, 4) is 0 Å². The van der Waals surface area contributed by atoms with Crippen LogP contribution in [0.5, 0.6) is 0 Å². The van der Waals surface area contributed by atoms with Crippen molar-refractivity contribution in [2.45, 2.75) is 52.2 Å². The van der Waals surface area contributed by atoms with Gasteiger partial charge in [0.05, 0.1) is 17.8 Å². The van der Waals surface area contributed by atoms with Gasteiger partial charge in [-0.25, -0.2) is 4.98 Å². The molecule has 0 aromatic carbocycles. The van der Waals surface area contributed by atoms with E-state index in [1.807, 2.05) is 22.5 Å². The molecule has 0 aliphatic rings. The quantitative estimate of drug-likeness (QED) is 0.912. The van der Waals surface area contributed by atoms with Crippen molar-refractivity contribution in [1.29, 1.82) is 0 Å². The maximum Gasteiger partial charge on any atom is 0.109 e. The summed E-state index contributed by atoms with van der Waals surface area (Å²) in [5.41, 5.74) is 1.25. The van der Waals surface area contributed by atoms with Crippen LogP contribution in [0.25, 0.3) is 0 Å². The van der Waals surface area contributed by atoms with Crippen molar-refractivity contribution in [1.82, 2.24) is 20.1 Å². The molecular formula is C14H22N4S. The van der Waals surface area contributed by atoms with E-state index in [1.54, 1.807) is 11.3 Å². The highest BCUT2D eigenvalue weighted by molar-refractivity contribution is 7.09. The number of hydrogen-bond acceptors (Lipinski definition) is 4. The third-order valence-corrected chi connectivity index (χ3v) is 3.92. The van der Waals surface area contributed by atoms with Crippen molar-refractivity contribution in [2.75, 3.05) is 0 Å². The third-order valence-electron chi connectivity index (χ3n) is 3.03. The topological polar surface area (TPSA) is 42.7 Å². The van der Waals surface area contributed by atoms with Crippen molar-refractivity contribution in [3.05, 3.63) is 34.5 Å². The Bertz CT molecular complexity index is 496. The molecule has 0 fully saturated rings. The molecule has 1 unspecified atom stereocenters. The highest BCUT2D eigenvalue weighted by Gasteiger charge is 2.15. The fraction of sp³-hybridized carbons (Fsp3) is 0.571. The fourth-order valence-electron chi connectivity index (χ4n) is 1.87. The second-order valence-corrected chi connectivity index (χ2v) is 6.60. The molecule has 19 heavy (non-hydrogen) atoms. The van der Waals surface area contributed by atoms with Gasteiger partial charge in [-0.3, -0.25) is 4.68 Å². The van der Waals surface area contributed by atoms with Gasteiger partial charge in [0.25, 0.3) is 0 Å². The highest BCUT2D eigenvalue weighted by Crippen LogP contribution is 2.19. The minimum atomic E-state index is 0.0394. The lowest BCUT2D eigenvalue weighted by atomic mass is 10.1. The summed E-state index contributed by atoms with van der Waals surface area (Å²) in [6.07, 6.45) is 6.96. The summed E-state index contributed by atoms with van der Waals surface area (Å²) >= 11 is 1.71. The van der Waals surface area contributed by atoms with E-state index in [-0.39, 0.29) is 5.54 Å². The van der Waals surface area contributed by atoms with E-state index in [4.69, 9.17) is 0 Å². The van der Waals surface area contributed by atoms with E-state index in [2.05, 4.69) is 49.3 Å². The number of nitrogens with one attached hydrogen (secondary N) is 1. The summed E-state index contributed by atoms with van der Waals surface area (Å²) in [4.78, 5) is 4.38. The number of aromatic nitrogens is 3. The molecule has 0 spiro atoms. The van der Waals surface area contributed by atoms with Gasteiger partial charge in [-0.15, -0.1) is 11.3 Å². The molecule has 1 atom stereocenters. The van der Waals surface area contributed by atoms with Gasteiger partial charge in [0.2, 0.25) is 0 Å². The molecule has 0 amide bonds. The highest BCUT2D eigenvalue weighted by atomic mass is 32.1. The van der Waals surface area contributed by atoms with Crippen LogP contribution in [0.15, 0.2) is 24.0 Å². The standard InChI is InChI=1S/C14H22N4S/c1-5-12(13-15-6-7-19-13)16-8-11-9-17-18(10-11)14(2,3)4/h6-7,9-10,12,16H,5,8H2,1-4H3. The van der Waals surface area contributed by atoms with Gasteiger partial charge in [-0.05, 0) is 27.2 Å². The minimum Gasteiger partial charge on any atom is -0.304 e. The maximum atomic E-state index is 4.42. The van der Waals surface area contributed by atoms with Crippen molar-refractivity contribution < 1.29 is 0 Å². The Labute approximate surface area is 118 Å². The van der Waals surface area contributed by atoms with Crippen LogP contribution in [0.3, 0.4) is 0 Å². The zero-order valence-corrected chi connectivity index (χ0v) is 12.9. The smallest absolute Gasteiger partial charge is 0.109 e. The average Bonchev–Trinajstić information content (AvgIpc) is 2.99. The summed E-state index contributed by atoms with van der Waals surface area (Å²) in [5.74, 6) is 0. The van der Waals surface area contributed by atoms with Gasteiger partial charge >= 0.3 is 0 Å². The molecule has 0 saturated heterocycles. The number of thiazole rings is 1. The van der Waals surface area contributed by atoms with Gasteiger partial charge in [0, 0.05) is 29.9 Å². The van der Waals surface area contributed by atoms with Crippen LogP contribution >= 0.6 is 11.3 Å². The molecule has 0 aliphatic carbocycles. The zero-order valence-electron chi connectivity index (χ0n) is 12.1. The SMILES string of the molecule is CCC(NCc1cnn(C(C)(C)C)c1)c1nccs1. The largest absolute Gasteiger partial charge is 0.304 e. The first-order chi connectivity index (χ1) is 9.00. The first kappa shape index (κ1) is 14.2. The van der Waals surface area contributed by atoms with Crippen LogP contribution in [0, 0.1) is 0 Å². The Morgan fingerprint density at radius 2 is 2.21 bits per heavy atom. The van der Waals surface area contributed by atoms with Crippen molar-refractivity contribution in [3.63, 3.8) is 0 Å². The molecular weight excluding hydrogens is 256 g/mol. The Kier molecular flexibility index (Phi) is 4.37. The van der Waals surface area contributed by atoms with Crippen LogP contribution in [-0.2, 0) is 12.1 Å². The monoisotopic (exact) mass is 278 g/mol. The molecule has 2 rings (SSSR count). The normalized spacial score (nSPS) is 13.7. The van der Waals surface area contributed by atoms with Gasteiger partial charge in [0.1, 0.15) is 5.01 Å². The summed E-state index contributed by atoms with van der Waals surface area (Å²) < 4.78 is 2.01. The summed E-state index contributed by atoms with van der Waals surface area (Å²) in [5, 5.41) is 11.1. The van der Waals surface area contributed by atoms with Crippen LogP contribution in [0.1, 0.15) is 50.7 Å². The van der Waals surface area contributed by atoms with Crippen molar-refractivity contribution in [2.24, 2.45) is 0 Å². The molecule has 0 aliphatic heterocycles. The van der Waals surface area contributed by atoms with E-state index in [0.717, 1.165) is 18.0 Å². The fourth-order valence-corrected chi connectivity index (χ4v) is 2.67. The van der Waals surface area contributed by atoms with Crippen LogP contribution in [-0.4, -0.2) is 14.8 Å². The Balaban J connectivity index is 1.96. The second-order valence-electron chi connectivity index (χ2n) is 5.68. The first-order valence-corrected chi connectivity index (χ1v) is 7.55. The average molecular weight is 278 g/mol. The zero-order chi connectivity index (χ0) is 13.9. The summed E-state index contributed by atoms with van der Waals surface area (Å²) in [6, 6.07) is 0.331. The second kappa shape index (κ2) is 5.84. The lowest BCUT2D eigenvalue weighted by Gasteiger charge is -2.18. The maximum absolute atomic E-state index is 4.42. The summed E-state index contributed by atoms with van der Waals surface area (Å²) in [7, 11) is 0. The van der Waals surface area contributed by atoms with E-state index < -0.39 is 0 Å². The Hall–Kier alpha value is -1.20.